The molecular formula is C16H22ClNO2. The smallest absolute Gasteiger partial charge is 0.335 e. The number of hydrogen-bond donors (Lipinski definition) is 1. The zero-order chi connectivity index (χ0) is 15.3. The van der Waals surface area contributed by atoms with Crippen LogP contribution >= 0.6 is 11.6 Å². The van der Waals surface area contributed by atoms with Crippen molar-refractivity contribution in [3.63, 3.8) is 0 Å². The normalized spacial score (nSPS) is 12.8. The Labute approximate surface area is 126 Å². The van der Waals surface area contributed by atoms with Gasteiger partial charge in [0.25, 0.3) is 0 Å². The van der Waals surface area contributed by atoms with Crippen LogP contribution in [0.25, 0.3) is 0 Å². The minimum atomic E-state index is -0.385. The van der Waals surface area contributed by atoms with Crippen molar-refractivity contribution in [1.82, 2.24) is 5.32 Å². The van der Waals surface area contributed by atoms with Gasteiger partial charge in [-0.25, -0.2) is 4.79 Å². The Hall–Kier alpha value is -1.32. The summed E-state index contributed by atoms with van der Waals surface area (Å²) in [6, 6.07) is 7.07. The molecule has 0 aliphatic carbocycles. The van der Waals surface area contributed by atoms with Gasteiger partial charge in [-0.3, -0.25) is 0 Å². The first-order chi connectivity index (χ1) is 9.24. The van der Waals surface area contributed by atoms with Crippen molar-refractivity contribution in [3.05, 3.63) is 47.0 Å². The summed E-state index contributed by atoms with van der Waals surface area (Å²) in [7, 11) is 0. The van der Waals surface area contributed by atoms with Gasteiger partial charge >= 0.3 is 5.97 Å². The maximum absolute atomic E-state index is 11.9. The van der Waals surface area contributed by atoms with Crippen LogP contribution in [0.15, 0.2) is 36.4 Å². The van der Waals surface area contributed by atoms with Crippen LogP contribution < -0.4 is 5.32 Å². The summed E-state index contributed by atoms with van der Waals surface area (Å²) in [4.78, 5) is 11.9. The Morgan fingerprint density at radius 2 is 1.90 bits per heavy atom. The van der Waals surface area contributed by atoms with E-state index < -0.39 is 0 Å². The number of hydrogen-bond acceptors (Lipinski definition) is 3. The Bertz CT molecular complexity index is 474. The van der Waals surface area contributed by atoms with Crippen molar-refractivity contribution in [2.45, 2.75) is 39.3 Å². The number of halogens is 1. The van der Waals surface area contributed by atoms with Crippen molar-refractivity contribution in [2.75, 3.05) is 6.61 Å². The number of rotatable bonds is 5. The summed E-state index contributed by atoms with van der Waals surface area (Å²) in [6.07, 6.45) is 0. The molecule has 0 aromatic heterocycles. The fraction of sp³-hybridized carbons (Fsp3) is 0.438. The van der Waals surface area contributed by atoms with E-state index >= 15 is 0 Å². The topological polar surface area (TPSA) is 38.3 Å². The number of esters is 1. The summed E-state index contributed by atoms with van der Waals surface area (Å²) in [5.41, 5.74) is 1.16. The molecule has 0 unspecified atom stereocenters. The van der Waals surface area contributed by atoms with E-state index in [1.54, 1.807) is 19.1 Å². The van der Waals surface area contributed by atoms with Crippen LogP contribution in [0.1, 0.15) is 39.3 Å². The van der Waals surface area contributed by atoms with E-state index in [-0.39, 0.29) is 17.6 Å². The number of benzene rings is 1. The van der Waals surface area contributed by atoms with Crippen LogP contribution in [0.5, 0.6) is 0 Å². The van der Waals surface area contributed by atoms with Crippen LogP contribution in [0.3, 0.4) is 0 Å². The molecule has 3 nitrogen and oxygen atoms in total. The number of nitrogens with one attached hydrogen (secondary N) is 1. The molecule has 0 amide bonds. The fourth-order valence-corrected chi connectivity index (χ4v) is 1.93. The number of carbonyl (C=O) groups excluding carboxylic acids is 1. The second-order valence-corrected chi connectivity index (χ2v) is 6.06. The van der Waals surface area contributed by atoms with E-state index in [9.17, 15) is 4.79 Å². The number of carbonyl (C=O) groups is 1. The lowest BCUT2D eigenvalue weighted by Crippen LogP contribution is -2.40. The Morgan fingerprint density at radius 1 is 1.35 bits per heavy atom. The minimum Gasteiger partial charge on any atom is -0.463 e. The zero-order valence-corrected chi connectivity index (χ0v) is 13.3. The van der Waals surface area contributed by atoms with Gasteiger partial charge in [0.15, 0.2) is 0 Å². The summed E-state index contributed by atoms with van der Waals surface area (Å²) < 4.78 is 5.04. The second kappa shape index (κ2) is 6.91. The lowest BCUT2D eigenvalue weighted by atomic mass is 9.96. The average Bonchev–Trinajstić information content (AvgIpc) is 2.35. The molecule has 0 saturated carbocycles. The highest BCUT2D eigenvalue weighted by Gasteiger charge is 2.25. The molecule has 0 bridgehead atoms. The molecule has 0 spiro atoms. The van der Waals surface area contributed by atoms with Crippen LogP contribution in [0.4, 0.5) is 0 Å². The molecule has 1 aromatic carbocycles. The molecule has 20 heavy (non-hydrogen) atoms. The van der Waals surface area contributed by atoms with Crippen LogP contribution in [0, 0.1) is 0 Å². The van der Waals surface area contributed by atoms with Gasteiger partial charge in [-0.1, -0.05) is 30.3 Å². The molecular weight excluding hydrogens is 274 g/mol. The molecule has 0 radical (unpaired) electrons. The molecule has 1 atom stereocenters. The van der Waals surface area contributed by atoms with Crippen molar-refractivity contribution >= 4 is 17.6 Å². The largest absolute Gasteiger partial charge is 0.463 e. The Kier molecular flexibility index (Phi) is 5.78. The lowest BCUT2D eigenvalue weighted by molar-refractivity contribution is -0.138. The molecule has 0 aliphatic rings. The second-order valence-electron chi connectivity index (χ2n) is 5.62. The fourth-order valence-electron chi connectivity index (χ4n) is 1.80. The highest BCUT2D eigenvalue weighted by atomic mass is 35.5. The number of ether oxygens (including phenoxy) is 1. The zero-order valence-electron chi connectivity index (χ0n) is 12.5. The summed E-state index contributed by atoms with van der Waals surface area (Å²) in [5.74, 6) is -0.385. The van der Waals surface area contributed by atoms with E-state index in [1.807, 2.05) is 32.9 Å². The van der Waals surface area contributed by atoms with Gasteiger partial charge < -0.3 is 10.1 Å². The monoisotopic (exact) mass is 295 g/mol. The highest BCUT2D eigenvalue weighted by molar-refractivity contribution is 6.30. The molecule has 110 valence electrons. The van der Waals surface area contributed by atoms with E-state index in [2.05, 4.69) is 11.9 Å². The molecule has 4 heteroatoms. The van der Waals surface area contributed by atoms with Crippen molar-refractivity contribution in [1.29, 1.82) is 0 Å². The maximum atomic E-state index is 11.9. The van der Waals surface area contributed by atoms with Gasteiger partial charge in [0.1, 0.15) is 0 Å². The summed E-state index contributed by atoms with van der Waals surface area (Å²) in [6.45, 7) is 12.1. The van der Waals surface area contributed by atoms with Crippen LogP contribution in [-0.2, 0) is 9.53 Å². The summed E-state index contributed by atoms with van der Waals surface area (Å²) in [5, 5.41) is 4.05. The van der Waals surface area contributed by atoms with Gasteiger partial charge in [0, 0.05) is 10.6 Å². The first-order valence-electron chi connectivity index (χ1n) is 6.63. The SMILES string of the molecule is C=C(C(=O)OCC)[C@H](NC(C)(C)C)c1ccc(Cl)cc1. The molecule has 0 saturated heterocycles. The van der Waals surface area contributed by atoms with Gasteiger partial charge in [0.05, 0.1) is 18.2 Å². The third-order valence-electron chi connectivity index (χ3n) is 2.67. The summed E-state index contributed by atoms with van der Waals surface area (Å²) >= 11 is 5.91. The van der Waals surface area contributed by atoms with Crippen LogP contribution in [0.2, 0.25) is 5.02 Å². The Morgan fingerprint density at radius 3 is 2.35 bits per heavy atom. The molecule has 1 aromatic rings. The first kappa shape index (κ1) is 16.7. The van der Waals surface area contributed by atoms with Gasteiger partial charge in [-0.15, -0.1) is 0 Å². The van der Waals surface area contributed by atoms with Crippen molar-refractivity contribution < 1.29 is 9.53 Å². The molecule has 0 heterocycles. The molecule has 0 aliphatic heterocycles. The third-order valence-corrected chi connectivity index (χ3v) is 2.92. The van der Waals surface area contributed by atoms with E-state index in [1.165, 1.54) is 0 Å². The van der Waals surface area contributed by atoms with Gasteiger partial charge in [-0.2, -0.15) is 0 Å². The quantitative estimate of drug-likeness (QED) is 0.661. The average molecular weight is 296 g/mol. The molecule has 1 N–H and O–H groups in total. The predicted octanol–water partition coefficient (Wildman–Crippen LogP) is 3.89. The van der Waals surface area contributed by atoms with Crippen LogP contribution in [-0.4, -0.2) is 18.1 Å². The maximum Gasteiger partial charge on any atom is 0.335 e. The van der Waals surface area contributed by atoms with E-state index in [0.29, 0.717) is 17.2 Å². The van der Waals surface area contributed by atoms with E-state index in [4.69, 9.17) is 16.3 Å². The van der Waals surface area contributed by atoms with Crippen molar-refractivity contribution in [3.8, 4) is 0 Å². The van der Waals surface area contributed by atoms with Gasteiger partial charge in [0.2, 0.25) is 0 Å². The highest BCUT2D eigenvalue weighted by Crippen LogP contribution is 2.25. The Balaban J connectivity index is 3.05. The van der Waals surface area contributed by atoms with E-state index in [0.717, 1.165) is 5.56 Å². The molecule has 0 fully saturated rings. The standard InChI is InChI=1S/C16H22ClNO2/c1-6-20-15(19)11(2)14(18-16(3,4)5)12-7-9-13(17)10-8-12/h7-10,14,18H,2,6H2,1,3-5H3/t14-/m0/s1. The molecule has 1 rings (SSSR count). The first-order valence-corrected chi connectivity index (χ1v) is 7.01. The lowest BCUT2D eigenvalue weighted by Gasteiger charge is -2.29. The third kappa shape index (κ3) is 4.99. The minimum absolute atomic E-state index is 0.167. The van der Waals surface area contributed by atoms with Gasteiger partial charge in [-0.05, 0) is 45.4 Å². The van der Waals surface area contributed by atoms with Crippen molar-refractivity contribution in [2.24, 2.45) is 0 Å². The predicted molar refractivity (Wildman–Crippen MR) is 82.9 cm³/mol.